The van der Waals surface area contributed by atoms with E-state index in [1.165, 1.54) is 6.33 Å². The van der Waals surface area contributed by atoms with E-state index in [9.17, 15) is 8.42 Å². The minimum Gasteiger partial charge on any atom is -0.286 e. The average Bonchev–Trinajstić information content (AvgIpc) is 2.07. The normalized spacial score (nSPS) is 9.80. The van der Waals surface area contributed by atoms with E-state index >= 15 is 0 Å². The smallest absolute Gasteiger partial charge is 0.261 e. The molecule has 1 heterocycles. The van der Waals surface area contributed by atoms with Crippen molar-refractivity contribution in [2.45, 2.75) is 0 Å². The van der Waals surface area contributed by atoms with Crippen LogP contribution in [-0.2, 0) is 10.1 Å². The molecule has 0 aliphatic rings. The lowest BCUT2D eigenvalue weighted by Gasteiger charge is -1.69. The molecule has 0 unspecified atom stereocenters. The molecule has 0 atom stereocenters. The molecule has 0 saturated carbocycles. The summed E-state index contributed by atoms with van der Waals surface area (Å²) in [7, 11) is -3.67. The summed E-state index contributed by atoms with van der Waals surface area (Å²) in [5.74, 6) is 0. The van der Waals surface area contributed by atoms with Crippen molar-refractivity contribution in [1.29, 1.82) is 0 Å². The molecule has 0 aliphatic carbocycles. The van der Waals surface area contributed by atoms with Crippen molar-refractivity contribution in [3.63, 3.8) is 0 Å². The number of aromatic amines is 1. The van der Waals surface area contributed by atoms with E-state index in [0.29, 0.717) is 6.26 Å². The van der Waals surface area contributed by atoms with Crippen LogP contribution in [0.3, 0.4) is 0 Å². The van der Waals surface area contributed by atoms with Crippen LogP contribution in [0.15, 0.2) is 6.33 Å². The van der Waals surface area contributed by atoms with E-state index < -0.39 is 10.1 Å². The Hall–Kier alpha value is -1.02. The van der Waals surface area contributed by atoms with Gasteiger partial charge in [-0.1, -0.05) is 5.21 Å². The molecule has 8 heteroatoms. The van der Waals surface area contributed by atoms with Crippen LogP contribution in [-0.4, -0.2) is 39.9 Å². The Morgan fingerprint density at radius 1 is 1.60 bits per heavy atom. The van der Waals surface area contributed by atoms with Crippen LogP contribution in [0.25, 0.3) is 0 Å². The number of H-pyrrole nitrogens is 1. The van der Waals surface area contributed by atoms with Crippen LogP contribution in [0.2, 0.25) is 0 Å². The second-order valence-electron chi connectivity index (χ2n) is 1.29. The molecule has 0 saturated heterocycles. The quantitative estimate of drug-likeness (QED) is 0.464. The van der Waals surface area contributed by atoms with Crippen LogP contribution in [0, 0.1) is 0 Å². The van der Waals surface area contributed by atoms with Gasteiger partial charge in [0.2, 0.25) is 0 Å². The van der Waals surface area contributed by atoms with Gasteiger partial charge in [-0.05, 0) is 0 Å². The highest BCUT2D eigenvalue weighted by Gasteiger charge is 1.81. The predicted octanol–water partition coefficient (Wildman–Crippen LogP) is -1.30. The molecular formula is C2H6N4O3S. The van der Waals surface area contributed by atoms with Gasteiger partial charge in [0.25, 0.3) is 10.1 Å². The lowest BCUT2D eigenvalue weighted by atomic mass is 11.4. The summed E-state index contributed by atoms with van der Waals surface area (Å²) < 4.78 is 25.9. The maximum atomic E-state index is 9.19. The third kappa shape index (κ3) is 15.8. The molecule has 0 radical (unpaired) electrons. The van der Waals surface area contributed by atoms with E-state index in [0.717, 1.165) is 0 Å². The lowest BCUT2D eigenvalue weighted by Crippen LogP contribution is -1.88. The third-order valence-corrected chi connectivity index (χ3v) is 0.270. The molecule has 0 fully saturated rings. The van der Waals surface area contributed by atoms with Gasteiger partial charge in [0.15, 0.2) is 6.33 Å². The van der Waals surface area contributed by atoms with Gasteiger partial charge in [0, 0.05) is 0 Å². The van der Waals surface area contributed by atoms with Gasteiger partial charge in [-0.25, -0.2) is 0 Å². The number of rotatable bonds is 0. The van der Waals surface area contributed by atoms with Crippen molar-refractivity contribution in [1.82, 2.24) is 20.6 Å². The molecule has 2 N–H and O–H groups in total. The maximum Gasteiger partial charge on any atom is 0.261 e. The van der Waals surface area contributed by atoms with E-state index in [1.54, 1.807) is 0 Å². The fourth-order valence-electron chi connectivity index (χ4n) is 0.129. The van der Waals surface area contributed by atoms with Crippen molar-refractivity contribution < 1.29 is 13.0 Å². The van der Waals surface area contributed by atoms with Gasteiger partial charge in [0.05, 0.1) is 6.26 Å². The number of hydrogen-bond acceptors (Lipinski definition) is 5. The Morgan fingerprint density at radius 3 is 2.20 bits per heavy atom. The van der Waals surface area contributed by atoms with Gasteiger partial charge in [-0.3, -0.25) is 4.55 Å². The molecule has 0 amide bonds. The van der Waals surface area contributed by atoms with Crippen molar-refractivity contribution in [2.75, 3.05) is 6.26 Å². The average molecular weight is 166 g/mol. The zero-order chi connectivity index (χ0) is 8.04. The molecule has 7 nitrogen and oxygen atoms in total. The Morgan fingerprint density at radius 2 is 2.10 bits per heavy atom. The first-order chi connectivity index (χ1) is 4.50. The Balaban J connectivity index is 0.000000162. The van der Waals surface area contributed by atoms with E-state index in [4.69, 9.17) is 4.55 Å². The summed E-state index contributed by atoms with van der Waals surface area (Å²) in [6.45, 7) is 0. The summed E-state index contributed by atoms with van der Waals surface area (Å²) in [6.07, 6.45) is 2.05. The largest absolute Gasteiger partial charge is 0.286 e. The Bertz CT molecular complexity index is 214. The molecule has 0 aromatic carbocycles. The van der Waals surface area contributed by atoms with Crippen molar-refractivity contribution >= 4 is 10.1 Å². The zero-order valence-electron chi connectivity index (χ0n) is 5.09. The number of tetrazole rings is 1. The van der Waals surface area contributed by atoms with Gasteiger partial charge in [-0.2, -0.15) is 13.6 Å². The van der Waals surface area contributed by atoms with Crippen LogP contribution in [0.1, 0.15) is 0 Å². The van der Waals surface area contributed by atoms with Crippen LogP contribution in [0.5, 0.6) is 0 Å². The topological polar surface area (TPSA) is 109 Å². The first kappa shape index (κ1) is 8.98. The standard InChI is InChI=1S/CH2N4.CH4O3S/c1-2-4-5-3-1;1-5(2,3)4/h1H,(H,2,3,4,5);1H3,(H,2,3,4). The highest BCUT2D eigenvalue weighted by Crippen LogP contribution is 1.60. The molecule has 1 aromatic heterocycles. The molecule has 10 heavy (non-hydrogen) atoms. The van der Waals surface area contributed by atoms with Crippen LogP contribution in [0.4, 0.5) is 0 Å². The Labute approximate surface area is 57.2 Å². The van der Waals surface area contributed by atoms with E-state index in [2.05, 4.69) is 20.6 Å². The maximum absolute atomic E-state index is 9.19. The monoisotopic (exact) mass is 166 g/mol. The van der Waals surface area contributed by atoms with E-state index in [-0.39, 0.29) is 0 Å². The lowest BCUT2D eigenvalue weighted by molar-refractivity contribution is 0.490. The number of aromatic nitrogens is 4. The van der Waals surface area contributed by atoms with E-state index in [1.807, 2.05) is 0 Å². The van der Waals surface area contributed by atoms with Gasteiger partial charge < -0.3 is 0 Å². The molecular weight excluding hydrogens is 160 g/mol. The second-order valence-corrected chi connectivity index (χ2v) is 2.76. The van der Waals surface area contributed by atoms with Crippen LogP contribution < -0.4 is 0 Å². The minimum atomic E-state index is -3.67. The van der Waals surface area contributed by atoms with Gasteiger partial charge >= 0.3 is 0 Å². The van der Waals surface area contributed by atoms with Crippen molar-refractivity contribution in [3.8, 4) is 0 Å². The number of nitrogens with zero attached hydrogens (tertiary/aromatic N) is 3. The zero-order valence-corrected chi connectivity index (χ0v) is 5.91. The Kier molecular flexibility index (Phi) is 3.51. The van der Waals surface area contributed by atoms with Crippen molar-refractivity contribution in [2.24, 2.45) is 0 Å². The highest BCUT2D eigenvalue weighted by molar-refractivity contribution is 7.85. The first-order valence-corrected chi connectivity index (χ1v) is 3.94. The second kappa shape index (κ2) is 3.90. The molecule has 0 spiro atoms. The fraction of sp³-hybridized carbons (Fsp3) is 0.500. The van der Waals surface area contributed by atoms with Crippen molar-refractivity contribution in [3.05, 3.63) is 6.33 Å². The highest BCUT2D eigenvalue weighted by atomic mass is 32.2. The molecule has 58 valence electrons. The molecule has 0 bridgehead atoms. The number of nitrogens with one attached hydrogen (secondary N) is 1. The summed E-state index contributed by atoms with van der Waals surface area (Å²) in [6, 6.07) is 0. The summed E-state index contributed by atoms with van der Waals surface area (Å²) in [5.41, 5.74) is 0. The summed E-state index contributed by atoms with van der Waals surface area (Å²) in [5, 5.41) is 12.2. The first-order valence-electron chi connectivity index (χ1n) is 2.09. The van der Waals surface area contributed by atoms with Gasteiger partial charge in [0.1, 0.15) is 0 Å². The molecule has 0 aliphatic heterocycles. The van der Waals surface area contributed by atoms with Gasteiger partial charge in [-0.15, -0.1) is 10.2 Å². The predicted molar refractivity (Wildman–Crippen MR) is 31.7 cm³/mol. The molecule has 1 rings (SSSR count). The van der Waals surface area contributed by atoms with Crippen LogP contribution >= 0.6 is 0 Å². The summed E-state index contributed by atoms with van der Waals surface area (Å²) >= 11 is 0. The summed E-state index contributed by atoms with van der Waals surface area (Å²) in [4.78, 5) is 0. The fourth-order valence-corrected chi connectivity index (χ4v) is 0.129. The third-order valence-electron chi connectivity index (χ3n) is 0.270. The number of hydrogen-bond donors (Lipinski definition) is 2. The molecule has 1 aromatic rings. The minimum absolute atomic E-state index is 0.715. The SMILES string of the molecule is CS(=O)(=O)O.c1nn[nH]n1.